The molecule has 216 valence electrons. The molecule has 2 heterocycles. The molecular formula is C32H45N5O3. The van der Waals surface area contributed by atoms with Crippen LogP contribution in [0.5, 0.6) is 0 Å². The number of benzene rings is 1. The van der Waals surface area contributed by atoms with Gasteiger partial charge in [0.25, 0.3) is 5.56 Å². The predicted molar refractivity (Wildman–Crippen MR) is 161 cm³/mol. The largest absolute Gasteiger partial charge is 0.444 e. The lowest BCUT2D eigenvalue weighted by Crippen LogP contribution is -2.38. The number of carbonyl (C=O) groups excluding carboxylic acids is 1. The van der Waals surface area contributed by atoms with Gasteiger partial charge in [0, 0.05) is 30.5 Å². The summed E-state index contributed by atoms with van der Waals surface area (Å²) >= 11 is 0. The van der Waals surface area contributed by atoms with Crippen LogP contribution in [0.15, 0.2) is 46.4 Å². The summed E-state index contributed by atoms with van der Waals surface area (Å²) in [6.07, 6.45) is 12.7. The minimum absolute atomic E-state index is 0.0904. The number of fused-ring (bicyclic) bond motifs is 5. The quantitative estimate of drug-likeness (QED) is 0.376. The molecule has 0 radical (unpaired) electrons. The van der Waals surface area contributed by atoms with Gasteiger partial charge in [0.1, 0.15) is 5.60 Å². The minimum Gasteiger partial charge on any atom is -0.444 e. The molecule has 2 atom stereocenters. The molecule has 0 bridgehead atoms. The normalized spacial score (nSPS) is 19.7. The maximum Gasteiger partial charge on any atom is 0.410 e. The number of anilines is 2. The highest BCUT2D eigenvalue weighted by atomic mass is 16.6. The number of rotatable bonds is 8. The number of nitrogens with two attached hydrogens (primary N) is 1. The number of nitrogen functional groups attached to an aromatic ring is 1. The van der Waals surface area contributed by atoms with E-state index >= 15 is 0 Å². The highest BCUT2D eigenvalue weighted by Gasteiger charge is 2.41. The van der Waals surface area contributed by atoms with Crippen molar-refractivity contribution in [1.82, 2.24) is 14.5 Å². The summed E-state index contributed by atoms with van der Waals surface area (Å²) in [5, 5.41) is 0.512. The number of carbonyl (C=O) groups is 1. The Hall–Kier alpha value is -3.29. The van der Waals surface area contributed by atoms with Crippen molar-refractivity contribution in [1.29, 1.82) is 0 Å². The lowest BCUT2D eigenvalue weighted by molar-refractivity contribution is 0.0242. The number of hydrogen-bond donors (Lipinski definition) is 1. The first kappa shape index (κ1) is 28.2. The summed E-state index contributed by atoms with van der Waals surface area (Å²) in [4.78, 5) is 34.9. The summed E-state index contributed by atoms with van der Waals surface area (Å²) < 4.78 is 7.94. The SMILES string of the molecule is CCCN(CCC(CC)C1=CCC2C(=C1)N(C1CCCC1)c1nc(=O)c3c(N)cccc3n12)C(=O)OC(C)(C)C. The molecule has 2 N–H and O–H groups in total. The van der Waals surface area contributed by atoms with Crippen molar-refractivity contribution >= 4 is 28.6 Å². The average molecular weight is 548 g/mol. The van der Waals surface area contributed by atoms with E-state index in [0.717, 1.165) is 50.0 Å². The van der Waals surface area contributed by atoms with Crippen molar-refractivity contribution in [2.24, 2.45) is 5.92 Å². The standard InChI is InChI=1S/C32H45N5O3/c1-6-18-35(31(39)40-32(3,4)5)19-17-21(7-2)22-15-16-25-27(20-22)36(23-11-8-9-12-23)30-34-29(38)28-24(33)13-10-14-26(28)37(25)30/h10,13-15,20-21,23,25H,6-9,11-12,16-19,33H2,1-5H3. The van der Waals surface area contributed by atoms with Gasteiger partial charge >= 0.3 is 6.09 Å². The fraction of sp³-hybridized carbons (Fsp3) is 0.594. The van der Waals surface area contributed by atoms with Gasteiger partial charge in [0.05, 0.1) is 16.9 Å². The first-order valence-corrected chi connectivity index (χ1v) is 15.1. The number of allylic oxidation sites excluding steroid dienone is 4. The van der Waals surface area contributed by atoms with Crippen molar-refractivity contribution in [3.05, 3.63) is 52.0 Å². The van der Waals surface area contributed by atoms with Crippen LogP contribution in [-0.2, 0) is 4.74 Å². The van der Waals surface area contributed by atoms with Gasteiger partial charge in [-0.15, -0.1) is 0 Å². The molecule has 2 aromatic rings. The zero-order valence-electron chi connectivity index (χ0n) is 24.8. The summed E-state index contributed by atoms with van der Waals surface area (Å²) in [5.41, 5.74) is 9.40. The van der Waals surface area contributed by atoms with Crippen molar-refractivity contribution < 1.29 is 9.53 Å². The van der Waals surface area contributed by atoms with Gasteiger partial charge in [-0.2, -0.15) is 4.98 Å². The van der Waals surface area contributed by atoms with Crippen molar-refractivity contribution in [2.45, 2.75) is 104 Å². The molecule has 1 aromatic heterocycles. The summed E-state index contributed by atoms with van der Waals surface area (Å²) in [5.74, 6) is 1.08. The van der Waals surface area contributed by atoms with Crippen molar-refractivity contribution in [3.63, 3.8) is 0 Å². The van der Waals surface area contributed by atoms with Crippen LogP contribution in [0.1, 0.15) is 92.0 Å². The lowest BCUT2D eigenvalue weighted by atomic mass is 9.86. The number of aromatic nitrogens is 2. The molecule has 1 amide bonds. The molecule has 3 aliphatic rings. The van der Waals surface area contributed by atoms with Crippen LogP contribution in [0.2, 0.25) is 0 Å². The molecule has 1 saturated carbocycles. The molecule has 0 spiro atoms. The van der Waals surface area contributed by atoms with Gasteiger partial charge in [0.15, 0.2) is 0 Å². The molecule has 1 aromatic carbocycles. The van der Waals surface area contributed by atoms with Gasteiger partial charge in [-0.05, 0) is 89.0 Å². The van der Waals surface area contributed by atoms with Crippen LogP contribution in [0, 0.1) is 5.92 Å². The molecular weight excluding hydrogens is 502 g/mol. The maximum absolute atomic E-state index is 13.2. The molecule has 8 heteroatoms. The smallest absolute Gasteiger partial charge is 0.410 e. The Morgan fingerprint density at radius 1 is 1.20 bits per heavy atom. The third-order valence-corrected chi connectivity index (χ3v) is 8.55. The van der Waals surface area contributed by atoms with Crippen LogP contribution in [0.25, 0.3) is 10.9 Å². The van der Waals surface area contributed by atoms with E-state index in [2.05, 4.69) is 40.5 Å². The Morgan fingerprint density at radius 3 is 2.62 bits per heavy atom. The van der Waals surface area contributed by atoms with Crippen LogP contribution in [0.4, 0.5) is 16.4 Å². The number of nitrogens with zero attached hydrogens (tertiary/aromatic N) is 4. The van der Waals surface area contributed by atoms with E-state index in [1.165, 1.54) is 24.1 Å². The van der Waals surface area contributed by atoms with E-state index in [4.69, 9.17) is 10.5 Å². The summed E-state index contributed by atoms with van der Waals surface area (Å²) in [6, 6.07) is 6.15. The monoisotopic (exact) mass is 547 g/mol. The van der Waals surface area contributed by atoms with Crippen LogP contribution in [0.3, 0.4) is 0 Å². The van der Waals surface area contributed by atoms with E-state index < -0.39 is 5.60 Å². The fourth-order valence-electron chi connectivity index (χ4n) is 6.68. The Morgan fingerprint density at radius 2 is 1.95 bits per heavy atom. The van der Waals surface area contributed by atoms with E-state index in [1.54, 1.807) is 6.07 Å². The van der Waals surface area contributed by atoms with E-state index in [0.29, 0.717) is 36.1 Å². The van der Waals surface area contributed by atoms with E-state index in [9.17, 15) is 9.59 Å². The van der Waals surface area contributed by atoms with E-state index in [-0.39, 0.29) is 17.7 Å². The summed E-state index contributed by atoms with van der Waals surface area (Å²) in [6.45, 7) is 11.4. The second-order valence-electron chi connectivity index (χ2n) is 12.5. The highest BCUT2D eigenvalue weighted by molar-refractivity contribution is 5.91. The third kappa shape index (κ3) is 5.37. The molecule has 2 unspecified atom stereocenters. The minimum atomic E-state index is -0.510. The number of amides is 1. The average Bonchev–Trinajstić information content (AvgIpc) is 3.53. The Bertz CT molecular complexity index is 1380. The van der Waals surface area contributed by atoms with Crippen LogP contribution < -0.4 is 16.2 Å². The van der Waals surface area contributed by atoms with Crippen molar-refractivity contribution in [3.8, 4) is 0 Å². The fourth-order valence-corrected chi connectivity index (χ4v) is 6.68. The highest BCUT2D eigenvalue weighted by Crippen LogP contribution is 2.47. The van der Waals surface area contributed by atoms with Gasteiger partial charge in [0.2, 0.25) is 5.95 Å². The Balaban J connectivity index is 1.46. The van der Waals surface area contributed by atoms with Crippen LogP contribution in [-0.4, -0.2) is 45.3 Å². The van der Waals surface area contributed by atoms with Gasteiger partial charge < -0.3 is 24.8 Å². The number of ether oxygens (including phenoxy) is 1. The second-order valence-corrected chi connectivity index (χ2v) is 12.5. The summed E-state index contributed by atoms with van der Waals surface area (Å²) in [7, 11) is 0. The second kappa shape index (κ2) is 11.3. The van der Waals surface area contributed by atoms with E-state index in [1.807, 2.05) is 37.8 Å². The topological polar surface area (TPSA) is 93.7 Å². The third-order valence-electron chi connectivity index (χ3n) is 8.55. The Labute approximate surface area is 237 Å². The number of hydrogen-bond acceptors (Lipinski definition) is 6. The molecule has 5 rings (SSSR count). The first-order valence-electron chi connectivity index (χ1n) is 15.1. The molecule has 1 aliphatic heterocycles. The zero-order chi connectivity index (χ0) is 28.6. The van der Waals surface area contributed by atoms with Gasteiger partial charge in [-0.1, -0.05) is 38.8 Å². The van der Waals surface area contributed by atoms with Gasteiger partial charge in [-0.3, -0.25) is 4.79 Å². The molecule has 0 saturated heterocycles. The van der Waals surface area contributed by atoms with Crippen molar-refractivity contribution in [2.75, 3.05) is 23.7 Å². The molecule has 2 aliphatic carbocycles. The first-order chi connectivity index (χ1) is 19.1. The molecule has 40 heavy (non-hydrogen) atoms. The zero-order valence-corrected chi connectivity index (χ0v) is 24.8. The molecule has 8 nitrogen and oxygen atoms in total. The lowest BCUT2D eigenvalue weighted by Gasteiger charge is -2.31. The maximum atomic E-state index is 13.2. The van der Waals surface area contributed by atoms with Crippen LogP contribution >= 0.6 is 0 Å². The Kier molecular flexibility index (Phi) is 7.98. The molecule has 1 fully saturated rings. The van der Waals surface area contributed by atoms with Gasteiger partial charge in [-0.25, -0.2) is 4.79 Å². The predicted octanol–water partition coefficient (Wildman–Crippen LogP) is 6.56.